The Morgan fingerprint density at radius 2 is 2.53 bits per heavy atom. The maximum absolute atomic E-state index is 10.6. The quantitative estimate of drug-likeness (QED) is 0.657. The molecule has 0 fully saturated rings. The van der Waals surface area contributed by atoms with Gasteiger partial charge in [0.2, 0.25) is 6.41 Å². The number of hydrogen-bond donors (Lipinski definition) is 2. The van der Waals surface area contributed by atoms with Crippen molar-refractivity contribution in [1.29, 1.82) is 0 Å². The number of imidazole rings is 1. The van der Waals surface area contributed by atoms with Gasteiger partial charge in [0.25, 0.3) is 0 Å². The van der Waals surface area contributed by atoms with Crippen molar-refractivity contribution in [3.8, 4) is 0 Å². The highest BCUT2D eigenvalue weighted by Crippen LogP contribution is 2.15. The number of carboxylic acid groups (broad SMARTS) is 1. The highest BCUT2D eigenvalue weighted by molar-refractivity contribution is 5.68. The summed E-state index contributed by atoms with van der Waals surface area (Å²) in [5.41, 5.74) is 0.701. The first-order valence-corrected chi connectivity index (χ1v) is 4.60. The van der Waals surface area contributed by atoms with Crippen LogP contribution in [0.15, 0.2) is 12.5 Å². The summed E-state index contributed by atoms with van der Waals surface area (Å²) in [6.45, 7) is 2.61. The van der Waals surface area contributed by atoms with Crippen LogP contribution >= 0.6 is 0 Å². The number of amides is 1. The molecular formula is C9H13N3O3. The first kappa shape index (κ1) is 11.2. The van der Waals surface area contributed by atoms with Crippen LogP contribution < -0.4 is 5.32 Å². The van der Waals surface area contributed by atoms with Gasteiger partial charge in [-0.25, -0.2) is 4.98 Å². The molecule has 0 aliphatic rings. The van der Waals surface area contributed by atoms with Gasteiger partial charge in [-0.3, -0.25) is 9.59 Å². The van der Waals surface area contributed by atoms with Crippen LogP contribution in [0.25, 0.3) is 0 Å². The number of hydrogen-bond acceptors (Lipinski definition) is 3. The summed E-state index contributed by atoms with van der Waals surface area (Å²) in [4.78, 5) is 24.9. The summed E-state index contributed by atoms with van der Waals surface area (Å²) in [5.74, 6) is -0.960. The molecule has 0 bridgehead atoms. The van der Waals surface area contributed by atoms with Crippen molar-refractivity contribution in [2.45, 2.75) is 25.9 Å². The second-order valence-electron chi connectivity index (χ2n) is 3.04. The lowest BCUT2D eigenvalue weighted by Crippen LogP contribution is -2.24. The van der Waals surface area contributed by atoms with E-state index in [4.69, 9.17) is 5.11 Å². The third kappa shape index (κ3) is 2.80. The van der Waals surface area contributed by atoms with Gasteiger partial charge in [-0.05, 0) is 6.92 Å². The molecular weight excluding hydrogens is 198 g/mol. The van der Waals surface area contributed by atoms with Crippen molar-refractivity contribution < 1.29 is 14.7 Å². The number of aromatic nitrogens is 2. The molecule has 1 atom stereocenters. The zero-order valence-corrected chi connectivity index (χ0v) is 8.38. The number of aryl methyl sites for hydroxylation is 1. The van der Waals surface area contributed by atoms with E-state index < -0.39 is 12.0 Å². The average Bonchev–Trinajstić information content (AvgIpc) is 2.64. The van der Waals surface area contributed by atoms with Crippen LogP contribution in [0.5, 0.6) is 0 Å². The molecule has 15 heavy (non-hydrogen) atoms. The molecule has 0 spiro atoms. The molecule has 6 nitrogen and oxygen atoms in total. The van der Waals surface area contributed by atoms with Crippen molar-refractivity contribution in [1.82, 2.24) is 14.9 Å². The molecule has 0 saturated carbocycles. The van der Waals surface area contributed by atoms with Crippen LogP contribution in [0.1, 0.15) is 25.1 Å². The molecule has 0 aliphatic carbocycles. The maximum Gasteiger partial charge on any atom is 0.305 e. The topological polar surface area (TPSA) is 84.2 Å². The zero-order chi connectivity index (χ0) is 11.3. The summed E-state index contributed by atoms with van der Waals surface area (Å²) >= 11 is 0. The largest absolute Gasteiger partial charge is 0.481 e. The van der Waals surface area contributed by atoms with Crippen LogP contribution in [0.4, 0.5) is 0 Å². The number of carboxylic acids is 1. The second-order valence-corrected chi connectivity index (χ2v) is 3.04. The predicted octanol–water partition coefficient (Wildman–Crippen LogP) is 0.165. The van der Waals surface area contributed by atoms with Crippen LogP contribution in [-0.2, 0) is 16.1 Å². The Bertz CT molecular complexity index is 348. The molecule has 0 aliphatic heterocycles. The Balaban J connectivity index is 2.87. The van der Waals surface area contributed by atoms with Crippen LogP contribution in [0.2, 0.25) is 0 Å². The fourth-order valence-electron chi connectivity index (χ4n) is 1.39. The van der Waals surface area contributed by atoms with Gasteiger partial charge in [0.1, 0.15) is 0 Å². The Labute approximate surface area is 86.9 Å². The van der Waals surface area contributed by atoms with Gasteiger partial charge in [-0.1, -0.05) is 0 Å². The molecule has 1 aromatic rings. The van der Waals surface area contributed by atoms with E-state index >= 15 is 0 Å². The van der Waals surface area contributed by atoms with Gasteiger partial charge < -0.3 is 15.0 Å². The minimum absolute atomic E-state index is 0.148. The minimum Gasteiger partial charge on any atom is -0.481 e. The molecule has 0 unspecified atom stereocenters. The van der Waals surface area contributed by atoms with E-state index in [1.165, 1.54) is 0 Å². The van der Waals surface area contributed by atoms with E-state index in [2.05, 4.69) is 10.3 Å². The van der Waals surface area contributed by atoms with Crippen LogP contribution in [0.3, 0.4) is 0 Å². The molecule has 0 saturated heterocycles. The number of nitrogens with zero attached hydrogens (tertiary/aromatic N) is 2. The van der Waals surface area contributed by atoms with Crippen molar-refractivity contribution in [2.24, 2.45) is 0 Å². The fourth-order valence-corrected chi connectivity index (χ4v) is 1.39. The SMILES string of the molecule is CCn1cncc1[C@@H](CC(=O)O)NC=O. The molecule has 1 aromatic heterocycles. The number of aliphatic carboxylic acids is 1. The lowest BCUT2D eigenvalue weighted by Gasteiger charge is -2.15. The normalized spacial score (nSPS) is 12.1. The fraction of sp³-hybridized carbons (Fsp3) is 0.444. The van der Waals surface area contributed by atoms with E-state index in [0.29, 0.717) is 18.6 Å². The Kier molecular flexibility index (Phi) is 3.84. The van der Waals surface area contributed by atoms with Crippen LogP contribution in [-0.4, -0.2) is 27.0 Å². The minimum atomic E-state index is -0.960. The summed E-state index contributed by atoms with van der Waals surface area (Å²) in [6, 6.07) is -0.526. The Morgan fingerprint density at radius 1 is 1.80 bits per heavy atom. The third-order valence-corrected chi connectivity index (χ3v) is 2.09. The highest BCUT2D eigenvalue weighted by Gasteiger charge is 2.17. The lowest BCUT2D eigenvalue weighted by molar-refractivity contribution is -0.137. The van der Waals surface area contributed by atoms with Gasteiger partial charge in [0.05, 0.1) is 30.7 Å². The number of rotatable bonds is 6. The molecule has 1 heterocycles. The van der Waals surface area contributed by atoms with Gasteiger partial charge in [0, 0.05) is 6.54 Å². The number of carbonyl (C=O) groups excluding carboxylic acids is 1. The molecule has 2 N–H and O–H groups in total. The van der Waals surface area contributed by atoms with Crippen molar-refractivity contribution in [3.63, 3.8) is 0 Å². The molecule has 0 aromatic carbocycles. The van der Waals surface area contributed by atoms with E-state index in [9.17, 15) is 9.59 Å². The van der Waals surface area contributed by atoms with E-state index in [1.807, 2.05) is 6.92 Å². The summed E-state index contributed by atoms with van der Waals surface area (Å²) in [6.07, 6.45) is 3.52. The second kappa shape index (κ2) is 5.14. The Morgan fingerprint density at radius 3 is 3.07 bits per heavy atom. The average molecular weight is 211 g/mol. The zero-order valence-electron chi connectivity index (χ0n) is 8.38. The van der Waals surface area contributed by atoms with Gasteiger partial charge >= 0.3 is 5.97 Å². The standard InChI is InChI=1S/C9H13N3O3/c1-2-12-5-10-4-8(12)7(11-6-13)3-9(14)15/h4-7H,2-3H2,1H3,(H,11,13)(H,14,15)/t7-/m1/s1. The first-order chi connectivity index (χ1) is 7.19. The first-order valence-electron chi connectivity index (χ1n) is 4.60. The summed E-state index contributed by atoms with van der Waals surface area (Å²) < 4.78 is 1.80. The monoisotopic (exact) mass is 211 g/mol. The maximum atomic E-state index is 10.6. The van der Waals surface area contributed by atoms with Crippen LogP contribution in [0, 0.1) is 0 Å². The molecule has 0 radical (unpaired) electrons. The molecule has 6 heteroatoms. The number of carbonyl (C=O) groups is 2. The Hall–Kier alpha value is -1.85. The lowest BCUT2D eigenvalue weighted by atomic mass is 10.1. The third-order valence-electron chi connectivity index (χ3n) is 2.09. The summed E-state index contributed by atoms with van der Waals surface area (Å²) in [5, 5.41) is 11.2. The van der Waals surface area contributed by atoms with E-state index in [1.54, 1.807) is 17.1 Å². The molecule has 82 valence electrons. The highest BCUT2D eigenvalue weighted by atomic mass is 16.4. The number of nitrogens with one attached hydrogen (secondary N) is 1. The van der Waals surface area contributed by atoms with Crippen molar-refractivity contribution >= 4 is 12.4 Å². The van der Waals surface area contributed by atoms with Gasteiger partial charge in [-0.2, -0.15) is 0 Å². The van der Waals surface area contributed by atoms with Gasteiger partial charge in [0.15, 0.2) is 0 Å². The smallest absolute Gasteiger partial charge is 0.305 e. The van der Waals surface area contributed by atoms with E-state index in [0.717, 1.165) is 0 Å². The molecule has 1 rings (SSSR count). The van der Waals surface area contributed by atoms with Crippen molar-refractivity contribution in [3.05, 3.63) is 18.2 Å². The van der Waals surface area contributed by atoms with Crippen molar-refractivity contribution in [2.75, 3.05) is 0 Å². The predicted molar refractivity (Wildman–Crippen MR) is 52.1 cm³/mol. The van der Waals surface area contributed by atoms with E-state index in [-0.39, 0.29) is 6.42 Å². The molecule has 1 amide bonds. The summed E-state index contributed by atoms with van der Waals surface area (Å²) in [7, 11) is 0. The van der Waals surface area contributed by atoms with Gasteiger partial charge in [-0.15, -0.1) is 0 Å².